The molecule has 0 spiro atoms. The van der Waals surface area contributed by atoms with E-state index in [-0.39, 0.29) is 0 Å². The van der Waals surface area contributed by atoms with Crippen molar-refractivity contribution in [3.63, 3.8) is 0 Å². The van der Waals surface area contributed by atoms with Gasteiger partial charge < -0.3 is 15.7 Å². The van der Waals surface area contributed by atoms with Crippen molar-refractivity contribution in [2.24, 2.45) is 0 Å². The fraction of sp³-hybridized carbons (Fsp3) is 0.400. The number of aromatic nitrogens is 2. The van der Waals surface area contributed by atoms with Crippen molar-refractivity contribution < 1.29 is 0 Å². The van der Waals surface area contributed by atoms with Crippen LogP contribution in [0.1, 0.15) is 25.4 Å². The number of hydrogen-bond donors (Lipinski definition) is 3. The highest BCUT2D eigenvalue weighted by atomic mass is 15.0. The van der Waals surface area contributed by atoms with Crippen LogP contribution in [0.15, 0.2) is 12.8 Å². The normalized spacial score (nSPS) is 9.14. The average Bonchev–Trinajstić information content (AvgIpc) is 2.54. The molecule has 0 atom stereocenters. The molecule has 0 aliphatic rings. The minimum atomic E-state index is 0.404. The van der Waals surface area contributed by atoms with Crippen molar-refractivity contribution in [2.75, 3.05) is 0 Å². The molecule has 1 heterocycles. The fourth-order valence-electron chi connectivity index (χ4n) is 1.00. The zero-order chi connectivity index (χ0) is 11.1. The lowest BCUT2D eigenvalue weighted by atomic mass is 10.3. The van der Waals surface area contributed by atoms with Crippen molar-refractivity contribution in [1.29, 1.82) is 5.41 Å². The second-order valence-corrected chi connectivity index (χ2v) is 3.16. The maximum absolute atomic E-state index is 5.50. The maximum Gasteiger partial charge on any atom is 0.103 e. The summed E-state index contributed by atoms with van der Waals surface area (Å²) in [5, 5.41) is 8.71. The third-order valence-corrected chi connectivity index (χ3v) is 1.49. The van der Waals surface area contributed by atoms with E-state index in [1.807, 2.05) is 6.92 Å². The van der Waals surface area contributed by atoms with Crippen LogP contribution in [0.25, 0.3) is 5.70 Å². The lowest BCUT2D eigenvalue weighted by molar-refractivity contribution is 0.716. The molecule has 14 heavy (non-hydrogen) atoms. The summed E-state index contributed by atoms with van der Waals surface area (Å²) in [6.07, 6.45) is 1.78. The molecule has 4 heteroatoms. The largest absolute Gasteiger partial charge is 0.382 e. The lowest BCUT2D eigenvalue weighted by Gasteiger charge is -2.10. The minimum absolute atomic E-state index is 0.404. The van der Waals surface area contributed by atoms with E-state index in [2.05, 4.69) is 42.4 Å². The average molecular weight is 194 g/mol. The summed E-state index contributed by atoms with van der Waals surface area (Å²) < 4.78 is 0. The number of nitrogens with one attached hydrogen (secondary N) is 3. The Bertz CT molecular complexity index is 288. The number of aromatic amines is 1. The predicted octanol–water partition coefficient (Wildman–Crippen LogP) is 1.95. The van der Waals surface area contributed by atoms with Gasteiger partial charge in [0.2, 0.25) is 0 Å². The molecule has 0 radical (unpaired) electrons. The summed E-state index contributed by atoms with van der Waals surface area (Å²) in [6, 6.07) is 0.404. The first-order valence-corrected chi connectivity index (χ1v) is 4.42. The Balaban J connectivity index is 0.000000791. The van der Waals surface area contributed by atoms with Gasteiger partial charge in [-0.25, -0.2) is 4.98 Å². The highest BCUT2D eigenvalue weighted by Gasteiger charge is 2.01. The van der Waals surface area contributed by atoms with Crippen LogP contribution in [-0.2, 0) is 0 Å². The van der Waals surface area contributed by atoms with Crippen LogP contribution in [0.4, 0.5) is 0 Å². The van der Waals surface area contributed by atoms with Gasteiger partial charge in [0.1, 0.15) is 5.82 Å². The van der Waals surface area contributed by atoms with Crippen molar-refractivity contribution in [2.45, 2.75) is 26.8 Å². The number of imidazole rings is 1. The van der Waals surface area contributed by atoms with Crippen LogP contribution in [0.5, 0.6) is 0 Å². The van der Waals surface area contributed by atoms with Crippen molar-refractivity contribution in [3.05, 3.63) is 24.3 Å². The number of aryl methyl sites for hydroxylation is 1. The Morgan fingerprint density at radius 1 is 1.57 bits per heavy atom. The van der Waals surface area contributed by atoms with E-state index in [4.69, 9.17) is 5.41 Å². The Kier molecular flexibility index (Phi) is 5.29. The summed E-state index contributed by atoms with van der Waals surface area (Å²) in [7, 11) is 0. The molecule has 0 bridgehead atoms. The molecule has 0 aliphatic heterocycles. The van der Waals surface area contributed by atoms with Crippen LogP contribution in [0.2, 0.25) is 0 Å². The van der Waals surface area contributed by atoms with Gasteiger partial charge in [0, 0.05) is 6.04 Å². The van der Waals surface area contributed by atoms with Gasteiger partial charge in [-0.2, -0.15) is 0 Å². The molecule has 0 aliphatic carbocycles. The van der Waals surface area contributed by atoms with E-state index in [9.17, 15) is 0 Å². The zero-order valence-electron chi connectivity index (χ0n) is 9.02. The second-order valence-electron chi connectivity index (χ2n) is 3.16. The molecule has 1 aromatic heterocycles. The van der Waals surface area contributed by atoms with Gasteiger partial charge in [0.25, 0.3) is 0 Å². The molecule has 0 saturated heterocycles. The van der Waals surface area contributed by atoms with Crippen molar-refractivity contribution in [3.8, 4) is 0 Å². The van der Waals surface area contributed by atoms with Gasteiger partial charge in [-0.15, -0.1) is 0 Å². The summed E-state index contributed by atoms with van der Waals surface area (Å²) in [6.45, 7) is 12.5. The predicted molar refractivity (Wildman–Crippen MR) is 60.5 cm³/mol. The fourth-order valence-corrected chi connectivity index (χ4v) is 1.00. The third kappa shape index (κ3) is 3.89. The third-order valence-electron chi connectivity index (χ3n) is 1.49. The van der Waals surface area contributed by atoms with Crippen molar-refractivity contribution >= 4 is 12.4 Å². The second kappa shape index (κ2) is 5.96. The number of hydrogen-bond acceptors (Lipinski definition) is 3. The minimum Gasteiger partial charge on any atom is -0.382 e. The van der Waals surface area contributed by atoms with Gasteiger partial charge >= 0.3 is 0 Å². The first-order chi connectivity index (χ1) is 6.59. The van der Waals surface area contributed by atoms with Crippen LogP contribution in [0.3, 0.4) is 0 Å². The molecular weight excluding hydrogens is 176 g/mol. The number of rotatable bonds is 3. The smallest absolute Gasteiger partial charge is 0.103 e. The standard InChI is InChI=1S/C9H15N3.CH3N/c1-6(2)11-7(3)9-5-10-8(4)12-9;1-2/h5-6,11H,3H2,1-2,4H3,(H,10,12);2H,1H2. The summed E-state index contributed by atoms with van der Waals surface area (Å²) in [4.78, 5) is 7.20. The van der Waals surface area contributed by atoms with Crippen LogP contribution in [0, 0.1) is 12.3 Å². The molecule has 0 saturated carbocycles. The highest BCUT2D eigenvalue weighted by molar-refractivity contribution is 5.57. The Labute approximate surface area is 85.0 Å². The Morgan fingerprint density at radius 3 is 2.50 bits per heavy atom. The molecule has 0 aromatic carbocycles. The van der Waals surface area contributed by atoms with E-state index in [1.54, 1.807) is 6.20 Å². The molecule has 0 fully saturated rings. The number of nitrogens with zero attached hydrogens (tertiary/aromatic N) is 1. The van der Waals surface area contributed by atoms with E-state index >= 15 is 0 Å². The van der Waals surface area contributed by atoms with Gasteiger partial charge in [0.05, 0.1) is 17.6 Å². The molecule has 1 rings (SSSR count). The molecule has 4 nitrogen and oxygen atoms in total. The van der Waals surface area contributed by atoms with E-state index < -0.39 is 0 Å². The van der Waals surface area contributed by atoms with Crippen LogP contribution >= 0.6 is 0 Å². The Hall–Kier alpha value is -1.58. The molecule has 0 amide bonds. The first-order valence-electron chi connectivity index (χ1n) is 4.42. The van der Waals surface area contributed by atoms with Crippen LogP contribution < -0.4 is 5.32 Å². The van der Waals surface area contributed by atoms with Gasteiger partial charge in [-0.1, -0.05) is 6.58 Å². The monoisotopic (exact) mass is 194 g/mol. The SMILES string of the molecule is C=C(NC(C)C)c1cnc(C)[nH]1.C=N. The molecule has 3 N–H and O–H groups in total. The molecule has 0 unspecified atom stereocenters. The summed E-state index contributed by atoms with van der Waals surface area (Å²) in [5.41, 5.74) is 1.85. The topological polar surface area (TPSA) is 64.6 Å². The van der Waals surface area contributed by atoms with E-state index in [0.717, 1.165) is 17.2 Å². The molecule has 78 valence electrons. The molecular formula is C10H18N4. The Morgan fingerprint density at radius 2 is 2.14 bits per heavy atom. The first kappa shape index (κ1) is 12.4. The summed E-state index contributed by atoms with van der Waals surface area (Å²) in [5.74, 6) is 0.914. The zero-order valence-corrected chi connectivity index (χ0v) is 9.02. The maximum atomic E-state index is 5.50. The van der Waals surface area contributed by atoms with Gasteiger partial charge in [0.15, 0.2) is 0 Å². The van der Waals surface area contributed by atoms with Gasteiger partial charge in [-0.05, 0) is 27.5 Å². The highest BCUT2D eigenvalue weighted by Crippen LogP contribution is 2.06. The summed E-state index contributed by atoms with van der Waals surface area (Å²) >= 11 is 0. The quantitative estimate of drug-likeness (QED) is 0.644. The van der Waals surface area contributed by atoms with E-state index in [1.165, 1.54) is 0 Å². The number of H-pyrrole nitrogens is 1. The van der Waals surface area contributed by atoms with E-state index in [0.29, 0.717) is 6.04 Å². The molecule has 1 aromatic rings. The lowest BCUT2D eigenvalue weighted by Crippen LogP contribution is -2.20. The van der Waals surface area contributed by atoms with Crippen molar-refractivity contribution in [1.82, 2.24) is 15.3 Å². The van der Waals surface area contributed by atoms with Crippen LogP contribution in [-0.4, -0.2) is 22.7 Å². The van der Waals surface area contributed by atoms with Gasteiger partial charge in [-0.3, -0.25) is 0 Å².